The van der Waals surface area contributed by atoms with E-state index in [2.05, 4.69) is 24.1 Å². The predicted octanol–water partition coefficient (Wildman–Crippen LogP) is 2.28. The number of unbranched alkanes of at least 4 members (excludes halogenated alkanes) is 1. The van der Waals surface area contributed by atoms with Crippen LogP contribution in [0.2, 0.25) is 0 Å². The van der Waals surface area contributed by atoms with Crippen molar-refractivity contribution >= 4 is 23.4 Å². The standard InChI is InChI=1S/C22H27N3O3/c1-3-5-11-24-19(26)16-15-10-7-12-25(15)22(17(16)20(24)27)14-9-6-8-13(4-2)18(14)23-21(22)28/h6,8-9,15-17H,3-5,7,10-12H2,1-2H3,(H,23,28)/t15?,16-,17+,22?/m1/s1. The summed E-state index contributed by atoms with van der Waals surface area (Å²) in [6.07, 6.45) is 4.38. The lowest BCUT2D eigenvalue weighted by Crippen LogP contribution is -2.54. The highest BCUT2D eigenvalue weighted by Crippen LogP contribution is 2.60. The minimum absolute atomic E-state index is 0.0185. The number of likely N-dealkylation sites (tertiary alicyclic amines) is 1. The number of rotatable bonds is 4. The van der Waals surface area contributed by atoms with Gasteiger partial charge in [0, 0.05) is 23.8 Å². The third-order valence-electron chi connectivity index (χ3n) is 7.32. The van der Waals surface area contributed by atoms with Gasteiger partial charge >= 0.3 is 0 Å². The zero-order valence-corrected chi connectivity index (χ0v) is 16.5. The van der Waals surface area contributed by atoms with Crippen molar-refractivity contribution in [3.63, 3.8) is 0 Å². The second-order valence-electron chi connectivity index (χ2n) is 8.50. The zero-order chi connectivity index (χ0) is 19.6. The molecule has 6 heteroatoms. The fraction of sp³-hybridized carbons (Fsp3) is 0.591. The Balaban J connectivity index is 1.69. The molecule has 5 rings (SSSR count). The molecule has 0 aromatic heterocycles. The van der Waals surface area contributed by atoms with Crippen LogP contribution in [-0.4, -0.2) is 46.7 Å². The van der Waals surface area contributed by atoms with Crippen molar-refractivity contribution in [1.29, 1.82) is 0 Å². The number of amides is 3. The van der Waals surface area contributed by atoms with Gasteiger partial charge in [0.15, 0.2) is 0 Å². The Morgan fingerprint density at radius 3 is 2.75 bits per heavy atom. The number of hydrogen-bond acceptors (Lipinski definition) is 4. The van der Waals surface area contributed by atoms with Crippen molar-refractivity contribution < 1.29 is 14.4 Å². The second-order valence-corrected chi connectivity index (χ2v) is 8.50. The van der Waals surface area contributed by atoms with E-state index in [0.29, 0.717) is 6.54 Å². The zero-order valence-electron chi connectivity index (χ0n) is 16.5. The first kappa shape index (κ1) is 17.9. The molecule has 4 atom stereocenters. The molecule has 2 unspecified atom stereocenters. The molecule has 4 heterocycles. The molecule has 6 nitrogen and oxygen atoms in total. The van der Waals surface area contributed by atoms with Crippen LogP contribution in [0.5, 0.6) is 0 Å². The highest BCUT2D eigenvalue weighted by molar-refractivity contribution is 6.15. The molecular formula is C22H27N3O3. The summed E-state index contributed by atoms with van der Waals surface area (Å²) >= 11 is 0. The maximum absolute atomic E-state index is 13.5. The van der Waals surface area contributed by atoms with Gasteiger partial charge in [-0.25, -0.2) is 0 Å². The molecule has 3 fully saturated rings. The van der Waals surface area contributed by atoms with Gasteiger partial charge in [0.25, 0.3) is 0 Å². The number of imide groups is 1. The van der Waals surface area contributed by atoms with E-state index in [1.807, 2.05) is 18.2 Å². The van der Waals surface area contributed by atoms with Gasteiger partial charge in [0.2, 0.25) is 17.7 Å². The molecule has 1 aromatic carbocycles. The molecule has 148 valence electrons. The van der Waals surface area contributed by atoms with Crippen molar-refractivity contribution in [3.8, 4) is 0 Å². The predicted molar refractivity (Wildman–Crippen MR) is 104 cm³/mol. The Bertz CT molecular complexity index is 882. The molecule has 4 aliphatic heterocycles. The quantitative estimate of drug-likeness (QED) is 0.813. The summed E-state index contributed by atoms with van der Waals surface area (Å²) in [7, 11) is 0. The van der Waals surface area contributed by atoms with E-state index < -0.39 is 17.4 Å². The smallest absolute Gasteiger partial charge is 0.250 e. The average molecular weight is 381 g/mol. The highest BCUT2D eigenvalue weighted by atomic mass is 16.2. The van der Waals surface area contributed by atoms with Crippen LogP contribution >= 0.6 is 0 Å². The number of para-hydroxylation sites is 1. The van der Waals surface area contributed by atoms with E-state index >= 15 is 0 Å². The topological polar surface area (TPSA) is 69.7 Å². The van der Waals surface area contributed by atoms with Crippen LogP contribution in [0.4, 0.5) is 5.69 Å². The van der Waals surface area contributed by atoms with Gasteiger partial charge in [-0.15, -0.1) is 0 Å². The highest BCUT2D eigenvalue weighted by Gasteiger charge is 2.74. The molecule has 3 amide bonds. The Hall–Kier alpha value is -2.21. The summed E-state index contributed by atoms with van der Waals surface area (Å²) in [5, 5.41) is 3.11. The van der Waals surface area contributed by atoms with Crippen LogP contribution in [0.3, 0.4) is 0 Å². The number of hydrogen-bond donors (Lipinski definition) is 1. The molecule has 28 heavy (non-hydrogen) atoms. The average Bonchev–Trinajstić information content (AvgIpc) is 3.39. The minimum Gasteiger partial charge on any atom is -0.324 e. The number of fused-ring (bicyclic) bond motifs is 7. The van der Waals surface area contributed by atoms with E-state index in [-0.39, 0.29) is 23.8 Å². The van der Waals surface area contributed by atoms with Gasteiger partial charge in [-0.3, -0.25) is 24.2 Å². The van der Waals surface area contributed by atoms with Crippen LogP contribution in [0.15, 0.2) is 18.2 Å². The number of anilines is 1. The van der Waals surface area contributed by atoms with Crippen LogP contribution in [0.25, 0.3) is 0 Å². The molecule has 0 bridgehead atoms. The van der Waals surface area contributed by atoms with Crippen molar-refractivity contribution in [1.82, 2.24) is 9.80 Å². The molecule has 1 N–H and O–H groups in total. The number of carbonyl (C=O) groups is 3. The van der Waals surface area contributed by atoms with Crippen LogP contribution in [-0.2, 0) is 26.3 Å². The largest absolute Gasteiger partial charge is 0.324 e. The molecule has 0 radical (unpaired) electrons. The number of carbonyl (C=O) groups excluding carboxylic acids is 3. The van der Waals surface area contributed by atoms with E-state index in [1.54, 1.807) is 0 Å². The summed E-state index contributed by atoms with van der Waals surface area (Å²) < 4.78 is 0. The Morgan fingerprint density at radius 1 is 1.18 bits per heavy atom. The van der Waals surface area contributed by atoms with Gasteiger partial charge in [0.1, 0.15) is 5.54 Å². The SMILES string of the molecule is CCCCN1C(=O)[C@@H]2C3CCCN3C3(C(=O)Nc4c(CC)cccc43)[C@@H]2C1=O. The Kier molecular flexibility index (Phi) is 3.92. The Labute approximate surface area is 165 Å². The first-order chi connectivity index (χ1) is 13.6. The molecular weight excluding hydrogens is 354 g/mol. The third-order valence-corrected chi connectivity index (χ3v) is 7.32. The van der Waals surface area contributed by atoms with Crippen molar-refractivity contribution in [2.75, 3.05) is 18.4 Å². The number of aryl methyl sites for hydroxylation is 1. The van der Waals surface area contributed by atoms with Gasteiger partial charge in [-0.05, 0) is 37.8 Å². The lowest BCUT2D eigenvalue weighted by Gasteiger charge is -2.36. The van der Waals surface area contributed by atoms with Crippen molar-refractivity contribution in [2.45, 2.75) is 57.5 Å². The number of benzene rings is 1. The Morgan fingerprint density at radius 2 is 2.00 bits per heavy atom. The fourth-order valence-electron chi connectivity index (χ4n) is 6.18. The van der Waals surface area contributed by atoms with Crippen molar-refractivity contribution in [2.24, 2.45) is 11.8 Å². The summed E-state index contributed by atoms with van der Waals surface area (Å²) in [4.78, 5) is 44.0. The third kappa shape index (κ3) is 1.94. The lowest BCUT2D eigenvalue weighted by molar-refractivity contribution is -0.145. The van der Waals surface area contributed by atoms with E-state index in [0.717, 1.165) is 55.5 Å². The van der Waals surface area contributed by atoms with Gasteiger partial charge < -0.3 is 5.32 Å². The maximum atomic E-state index is 13.5. The van der Waals surface area contributed by atoms with E-state index in [9.17, 15) is 14.4 Å². The van der Waals surface area contributed by atoms with Gasteiger partial charge in [0.05, 0.1) is 11.8 Å². The van der Waals surface area contributed by atoms with Gasteiger partial charge in [-0.2, -0.15) is 0 Å². The van der Waals surface area contributed by atoms with E-state index in [1.165, 1.54) is 4.90 Å². The summed E-state index contributed by atoms with van der Waals surface area (Å²) in [5.74, 6) is -1.33. The number of nitrogens with one attached hydrogen (secondary N) is 1. The second kappa shape index (κ2) is 6.14. The van der Waals surface area contributed by atoms with Gasteiger partial charge in [-0.1, -0.05) is 38.5 Å². The molecule has 3 saturated heterocycles. The van der Waals surface area contributed by atoms with Crippen molar-refractivity contribution in [3.05, 3.63) is 29.3 Å². The van der Waals surface area contributed by atoms with Crippen LogP contribution in [0.1, 0.15) is 50.7 Å². The first-order valence-corrected chi connectivity index (χ1v) is 10.6. The van der Waals surface area contributed by atoms with Crippen LogP contribution < -0.4 is 5.32 Å². The first-order valence-electron chi connectivity index (χ1n) is 10.6. The van der Waals surface area contributed by atoms with E-state index in [4.69, 9.17) is 0 Å². The molecule has 0 saturated carbocycles. The monoisotopic (exact) mass is 381 g/mol. The summed E-state index contributed by atoms with van der Waals surface area (Å²) in [5.41, 5.74) is 1.81. The molecule has 1 aromatic rings. The lowest BCUT2D eigenvalue weighted by atomic mass is 9.75. The van der Waals surface area contributed by atoms with Crippen LogP contribution in [0, 0.1) is 11.8 Å². The fourth-order valence-corrected chi connectivity index (χ4v) is 6.18. The summed E-state index contributed by atoms with van der Waals surface area (Å²) in [6.45, 7) is 5.35. The molecule has 4 aliphatic rings. The number of nitrogens with zero attached hydrogens (tertiary/aromatic N) is 2. The normalized spacial score (nSPS) is 33.6. The summed E-state index contributed by atoms with van der Waals surface area (Å²) in [6, 6.07) is 5.97. The molecule has 1 spiro atoms. The maximum Gasteiger partial charge on any atom is 0.250 e. The minimum atomic E-state index is -1.03. The molecule has 0 aliphatic carbocycles.